The molecule has 0 radical (unpaired) electrons. The van der Waals surface area contributed by atoms with Gasteiger partial charge in [0.2, 0.25) is 0 Å². The Kier molecular flexibility index (Phi) is 7.67. The highest BCUT2D eigenvalue weighted by Gasteiger charge is 2.19. The van der Waals surface area contributed by atoms with Crippen LogP contribution in [0.5, 0.6) is 17.2 Å². The van der Waals surface area contributed by atoms with E-state index in [-0.39, 0.29) is 10.6 Å². The first-order chi connectivity index (χ1) is 15.7. The van der Waals surface area contributed by atoms with Crippen LogP contribution in [0.15, 0.2) is 71.6 Å². The summed E-state index contributed by atoms with van der Waals surface area (Å²) in [5, 5.41) is 3.19. The second kappa shape index (κ2) is 10.5. The van der Waals surface area contributed by atoms with Gasteiger partial charge in [-0.05, 0) is 61.5 Å². The minimum Gasteiger partial charge on any atom is -0.497 e. The van der Waals surface area contributed by atoms with Crippen LogP contribution in [0.3, 0.4) is 0 Å². The molecule has 0 bridgehead atoms. The second-order valence-corrected chi connectivity index (χ2v) is 9.02. The van der Waals surface area contributed by atoms with Crippen molar-refractivity contribution in [2.24, 2.45) is 0 Å². The molecule has 3 aromatic rings. The van der Waals surface area contributed by atoms with Gasteiger partial charge in [0, 0.05) is 16.8 Å². The van der Waals surface area contributed by atoms with Crippen LogP contribution in [0, 0.1) is 0 Å². The number of amides is 1. The fourth-order valence-corrected chi connectivity index (χ4v) is 4.10. The number of ether oxygens (including phenoxy) is 3. The van der Waals surface area contributed by atoms with E-state index in [0.29, 0.717) is 28.0 Å². The van der Waals surface area contributed by atoms with Crippen molar-refractivity contribution in [2.45, 2.75) is 17.9 Å². The summed E-state index contributed by atoms with van der Waals surface area (Å²) in [6, 6.07) is 17.2. The number of sulfonamides is 1. The van der Waals surface area contributed by atoms with Crippen LogP contribution in [0.1, 0.15) is 6.92 Å². The summed E-state index contributed by atoms with van der Waals surface area (Å²) >= 11 is 5.92. The highest BCUT2D eigenvalue weighted by Crippen LogP contribution is 2.31. The van der Waals surface area contributed by atoms with Crippen LogP contribution in [0.2, 0.25) is 5.02 Å². The fraction of sp³-hybridized carbons (Fsp3) is 0.174. The third kappa shape index (κ3) is 6.30. The van der Waals surface area contributed by atoms with Gasteiger partial charge in [0.25, 0.3) is 15.9 Å². The lowest BCUT2D eigenvalue weighted by Gasteiger charge is -2.15. The maximum absolute atomic E-state index is 12.8. The number of rotatable bonds is 9. The smallest absolute Gasteiger partial charge is 0.265 e. The molecule has 174 valence electrons. The lowest BCUT2D eigenvalue weighted by Crippen LogP contribution is -2.30. The molecule has 33 heavy (non-hydrogen) atoms. The van der Waals surface area contributed by atoms with Crippen LogP contribution in [-0.4, -0.2) is 34.6 Å². The summed E-state index contributed by atoms with van der Waals surface area (Å²) in [6.45, 7) is 1.60. The maximum Gasteiger partial charge on any atom is 0.265 e. The molecule has 0 aliphatic rings. The van der Waals surface area contributed by atoms with Gasteiger partial charge in [-0.3, -0.25) is 9.52 Å². The number of nitrogens with one attached hydrogen (secondary N) is 2. The van der Waals surface area contributed by atoms with Crippen molar-refractivity contribution >= 4 is 38.9 Å². The zero-order chi connectivity index (χ0) is 24.0. The normalized spacial score (nSPS) is 11.9. The van der Waals surface area contributed by atoms with E-state index in [1.807, 2.05) is 0 Å². The van der Waals surface area contributed by atoms with E-state index in [4.69, 9.17) is 25.8 Å². The molecule has 2 N–H and O–H groups in total. The van der Waals surface area contributed by atoms with Crippen molar-refractivity contribution in [3.05, 3.63) is 71.8 Å². The van der Waals surface area contributed by atoms with Crippen molar-refractivity contribution in [3.63, 3.8) is 0 Å². The summed E-state index contributed by atoms with van der Waals surface area (Å²) < 4.78 is 44.1. The summed E-state index contributed by atoms with van der Waals surface area (Å²) in [5.74, 6) is 0.882. The first kappa shape index (κ1) is 24.2. The number of carbonyl (C=O) groups is 1. The van der Waals surface area contributed by atoms with E-state index >= 15 is 0 Å². The van der Waals surface area contributed by atoms with Crippen LogP contribution in [0.25, 0.3) is 0 Å². The minimum absolute atomic E-state index is 0.00796. The quantitative estimate of drug-likeness (QED) is 0.455. The average Bonchev–Trinajstić information content (AvgIpc) is 2.79. The van der Waals surface area contributed by atoms with Gasteiger partial charge in [-0.1, -0.05) is 17.7 Å². The molecule has 1 atom stereocenters. The molecular formula is C23H23ClN2O6S. The molecule has 0 spiro atoms. The topological polar surface area (TPSA) is 103 Å². The van der Waals surface area contributed by atoms with Gasteiger partial charge in [0.1, 0.15) is 17.2 Å². The molecule has 0 unspecified atom stereocenters. The predicted octanol–water partition coefficient (Wildman–Crippen LogP) is 4.56. The van der Waals surface area contributed by atoms with Crippen LogP contribution in [-0.2, 0) is 14.8 Å². The predicted molar refractivity (Wildman–Crippen MR) is 127 cm³/mol. The average molecular weight is 491 g/mol. The summed E-state index contributed by atoms with van der Waals surface area (Å²) in [7, 11) is -0.994. The van der Waals surface area contributed by atoms with E-state index in [1.165, 1.54) is 44.6 Å². The first-order valence-electron chi connectivity index (χ1n) is 9.80. The maximum atomic E-state index is 12.8. The molecule has 3 aromatic carbocycles. The fourth-order valence-electron chi connectivity index (χ4n) is 2.86. The molecule has 0 fully saturated rings. The van der Waals surface area contributed by atoms with Gasteiger partial charge in [-0.25, -0.2) is 8.42 Å². The highest BCUT2D eigenvalue weighted by atomic mass is 35.5. The van der Waals surface area contributed by atoms with Gasteiger partial charge in [0.05, 0.1) is 24.8 Å². The molecule has 0 saturated carbocycles. The number of hydrogen-bond acceptors (Lipinski definition) is 6. The number of anilines is 2. The number of methoxy groups -OCH3 is 2. The van der Waals surface area contributed by atoms with Crippen LogP contribution in [0.4, 0.5) is 11.4 Å². The summed E-state index contributed by atoms with van der Waals surface area (Å²) in [5.41, 5.74) is 0.653. The third-order valence-corrected chi connectivity index (χ3v) is 6.18. The molecule has 0 heterocycles. The Morgan fingerprint density at radius 3 is 2.30 bits per heavy atom. The van der Waals surface area contributed by atoms with Gasteiger partial charge >= 0.3 is 0 Å². The van der Waals surface area contributed by atoms with Gasteiger partial charge in [-0.2, -0.15) is 0 Å². The van der Waals surface area contributed by atoms with E-state index in [1.54, 1.807) is 43.3 Å². The number of benzene rings is 3. The van der Waals surface area contributed by atoms with Gasteiger partial charge in [0.15, 0.2) is 6.10 Å². The molecule has 3 rings (SSSR count). The van der Waals surface area contributed by atoms with E-state index < -0.39 is 22.0 Å². The molecule has 0 aliphatic heterocycles. The first-order valence-corrected chi connectivity index (χ1v) is 11.7. The van der Waals surface area contributed by atoms with Crippen molar-refractivity contribution in [1.29, 1.82) is 0 Å². The minimum atomic E-state index is -3.91. The molecule has 0 aliphatic carbocycles. The van der Waals surface area contributed by atoms with Crippen LogP contribution < -0.4 is 24.2 Å². The van der Waals surface area contributed by atoms with E-state index in [2.05, 4.69) is 10.0 Å². The number of hydrogen-bond donors (Lipinski definition) is 2. The molecule has 8 nitrogen and oxygen atoms in total. The Labute approximate surface area is 197 Å². The van der Waals surface area contributed by atoms with Crippen molar-refractivity contribution in [3.8, 4) is 17.2 Å². The van der Waals surface area contributed by atoms with Gasteiger partial charge in [-0.15, -0.1) is 0 Å². The molecule has 1 amide bonds. The zero-order valence-electron chi connectivity index (χ0n) is 18.2. The number of halogens is 1. The zero-order valence-corrected chi connectivity index (χ0v) is 19.7. The lowest BCUT2D eigenvalue weighted by atomic mass is 10.3. The summed E-state index contributed by atoms with van der Waals surface area (Å²) in [6.07, 6.45) is -0.797. The third-order valence-electron chi connectivity index (χ3n) is 4.56. The van der Waals surface area contributed by atoms with Crippen molar-refractivity contribution in [2.75, 3.05) is 24.3 Å². The van der Waals surface area contributed by atoms with Crippen LogP contribution >= 0.6 is 11.6 Å². The Bertz CT molecular complexity index is 1230. The Hall–Kier alpha value is -3.43. The summed E-state index contributed by atoms with van der Waals surface area (Å²) in [4.78, 5) is 12.4. The molecular weight excluding hydrogens is 468 g/mol. The highest BCUT2D eigenvalue weighted by molar-refractivity contribution is 7.92. The molecule has 10 heteroatoms. The largest absolute Gasteiger partial charge is 0.497 e. The number of carbonyl (C=O) groups excluding carboxylic acids is 1. The standard InChI is InChI=1S/C23H23ClN2O6S/c1-15(32-19-6-4-5-16(24)13-19)23(27)25-17-7-10-20(11-8-17)33(28,29)26-21-14-18(30-2)9-12-22(21)31-3/h4-15,26H,1-3H3,(H,25,27)/t15-/m1/s1. The lowest BCUT2D eigenvalue weighted by molar-refractivity contribution is -0.122. The van der Waals surface area contributed by atoms with E-state index in [9.17, 15) is 13.2 Å². The second-order valence-electron chi connectivity index (χ2n) is 6.90. The molecule has 0 aromatic heterocycles. The Balaban J connectivity index is 1.68. The Morgan fingerprint density at radius 2 is 1.67 bits per heavy atom. The van der Waals surface area contributed by atoms with E-state index in [0.717, 1.165) is 0 Å². The Morgan fingerprint density at radius 1 is 0.939 bits per heavy atom. The van der Waals surface area contributed by atoms with Crippen molar-refractivity contribution in [1.82, 2.24) is 0 Å². The van der Waals surface area contributed by atoms with Crippen molar-refractivity contribution < 1.29 is 27.4 Å². The molecule has 0 saturated heterocycles. The SMILES string of the molecule is COc1ccc(OC)c(NS(=O)(=O)c2ccc(NC(=O)[C@@H](C)Oc3cccc(Cl)c3)cc2)c1. The van der Waals surface area contributed by atoms with Gasteiger partial charge < -0.3 is 19.5 Å². The monoisotopic (exact) mass is 490 g/mol.